The Morgan fingerprint density at radius 2 is 1.83 bits per heavy atom. The van der Waals surface area contributed by atoms with Crippen molar-refractivity contribution in [3.8, 4) is 0 Å². The molecular weight excluding hydrogens is 257 g/mol. The van der Waals surface area contributed by atoms with Gasteiger partial charge in [0, 0.05) is 6.20 Å². The van der Waals surface area contributed by atoms with Crippen LogP contribution in [0, 0.1) is 5.95 Å². The first-order valence-electron chi connectivity index (χ1n) is 5.13. The predicted molar refractivity (Wildman–Crippen MR) is 62.6 cm³/mol. The molecule has 0 fully saturated rings. The van der Waals surface area contributed by atoms with Crippen molar-refractivity contribution in [2.45, 2.75) is 11.5 Å². The maximum atomic E-state index is 12.6. The molecule has 0 unspecified atom stereocenters. The minimum atomic E-state index is -3.79. The minimum absolute atomic E-state index is 0.0834. The first kappa shape index (κ1) is 12.7. The molecule has 0 saturated carbocycles. The largest absolute Gasteiger partial charge is 0.297 e. The van der Waals surface area contributed by atoms with Gasteiger partial charge in [0.15, 0.2) is 0 Å². The summed E-state index contributed by atoms with van der Waals surface area (Å²) in [6, 6.07) is 10.4. The highest BCUT2D eigenvalue weighted by molar-refractivity contribution is 7.86. The normalized spacial score (nSPS) is 11.4. The van der Waals surface area contributed by atoms with E-state index < -0.39 is 16.1 Å². The van der Waals surface area contributed by atoms with Crippen molar-refractivity contribution in [2.24, 2.45) is 0 Å². The summed E-state index contributed by atoms with van der Waals surface area (Å²) in [4.78, 5) is 3.49. The molecule has 1 heterocycles. The van der Waals surface area contributed by atoms with Gasteiger partial charge in [-0.05, 0) is 23.8 Å². The molecule has 2 aromatic rings. The van der Waals surface area contributed by atoms with Gasteiger partial charge >= 0.3 is 0 Å². The Kier molecular flexibility index (Phi) is 3.69. The number of rotatable bonds is 4. The molecule has 18 heavy (non-hydrogen) atoms. The predicted octanol–water partition coefficient (Wildman–Crippen LogP) is 2.13. The van der Waals surface area contributed by atoms with Crippen molar-refractivity contribution >= 4 is 10.1 Å². The van der Waals surface area contributed by atoms with Gasteiger partial charge in [0.1, 0.15) is 0 Å². The van der Waals surface area contributed by atoms with Crippen LogP contribution in [0.15, 0.2) is 53.6 Å². The van der Waals surface area contributed by atoms with Crippen molar-refractivity contribution in [2.75, 3.05) is 0 Å². The molecule has 1 aromatic heterocycles. The topological polar surface area (TPSA) is 56.3 Å². The Labute approximate surface area is 104 Å². The third kappa shape index (κ3) is 3.12. The number of halogens is 1. The lowest BCUT2D eigenvalue weighted by molar-refractivity contribution is 0.307. The van der Waals surface area contributed by atoms with Crippen LogP contribution < -0.4 is 0 Å². The Balaban J connectivity index is 2.08. The zero-order chi connectivity index (χ0) is 13.0. The first-order chi connectivity index (χ1) is 8.58. The van der Waals surface area contributed by atoms with Crippen LogP contribution in [0.1, 0.15) is 5.56 Å². The van der Waals surface area contributed by atoms with Gasteiger partial charge in [0.2, 0.25) is 5.95 Å². The van der Waals surface area contributed by atoms with Crippen molar-refractivity contribution in [3.63, 3.8) is 0 Å². The van der Waals surface area contributed by atoms with E-state index in [0.717, 1.165) is 6.07 Å². The fourth-order valence-electron chi connectivity index (χ4n) is 1.29. The average Bonchev–Trinajstić information content (AvgIpc) is 2.39. The van der Waals surface area contributed by atoms with E-state index in [4.69, 9.17) is 4.18 Å². The lowest BCUT2D eigenvalue weighted by Crippen LogP contribution is -2.06. The summed E-state index contributed by atoms with van der Waals surface area (Å²) >= 11 is 0. The molecule has 0 aliphatic rings. The maximum Gasteiger partial charge on any atom is 0.297 e. The Morgan fingerprint density at radius 1 is 1.11 bits per heavy atom. The quantitative estimate of drug-likeness (QED) is 0.629. The van der Waals surface area contributed by atoms with Gasteiger partial charge in [-0.3, -0.25) is 4.18 Å². The molecule has 2 rings (SSSR count). The van der Waals surface area contributed by atoms with E-state index >= 15 is 0 Å². The fraction of sp³-hybridized carbons (Fsp3) is 0.0833. The number of nitrogens with zero attached hydrogens (tertiary/aromatic N) is 1. The van der Waals surface area contributed by atoms with Crippen molar-refractivity contribution in [1.82, 2.24) is 4.98 Å². The van der Waals surface area contributed by atoms with Gasteiger partial charge in [-0.2, -0.15) is 12.8 Å². The van der Waals surface area contributed by atoms with E-state index in [1.165, 1.54) is 24.4 Å². The highest BCUT2D eigenvalue weighted by Gasteiger charge is 2.14. The zero-order valence-electron chi connectivity index (χ0n) is 9.28. The maximum absolute atomic E-state index is 12.6. The summed E-state index contributed by atoms with van der Waals surface area (Å²) in [5.41, 5.74) is 0.482. The minimum Gasteiger partial charge on any atom is -0.261 e. The standard InChI is InChI=1S/C12H10FNO3S/c13-12-7-6-10(8-14-12)9-17-18(15,16)11-4-2-1-3-5-11/h1-8H,9H2. The Morgan fingerprint density at radius 3 is 2.44 bits per heavy atom. The summed E-state index contributed by atoms with van der Waals surface area (Å²) in [6.45, 7) is -0.176. The number of aromatic nitrogens is 1. The summed E-state index contributed by atoms with van der Waals surface area (Å²) in [6.07, 6.45) is 1.23. The molecule has 0 amide bonds. The first-order valence-corrected chi connectivity index (χ1v) is 6.54. The number of hydrogen-bond donors (Lipinski definition) is 0. The third-order valence-corrected chi connectivity index (χ3v) is 3.48. The van der Waals surface area contributed by atoms with Crippen molar-refractivity contribution < 1.29 is 17.0 Å². The van der Waals surface area contributed by atoms with E-state index in [1.807, 2.05) is 0 Å². The van der Waals surface area contributed by atoms with Gasteiger partial charge in [0.25, 0.3) is 10.1 Å². The molecule has 1 aromatic carbocycles. The van der Waals surface area contributed by atoms with E-state index in [-0.39, 0.29) is 11.5 Å². The lowest BCUT2D eigenvalue weighted by atomic mass is 10.3. The molecule has 0 radical (unpaired) electrons. The van der Waals surface area contributed by atoms with Gasteiger partial charge < -0.3 is 0 Å². The average molecular weight is 267 g/mol. The van der Waals surface area contributed by atoms with E-state index in [1.54, 1.807) is 18.2 Å². The molecule has 94 valence electrons. The van der Waals surface area contributed by atoms with Crippen LogP contribution in [-0.4, -0.2) is 13.4 Å². The second-order valence-corrected chi connectivity index (χ2v) is 5.13. The second-order valence-electron chi connectivity index (χ2n) is 3.52. The SMILES string of the molecule is O=S(=O)(OCc1ccc(F)nc1)c1ccccc1. The Hall–Kier alpha value is -1.79. The molecule has 0 atom stereocenters. The highest BCUT2D eigenvalue weighted by Crippen LogP contribution is 2.13. The van der Waals surface area contributed by atoms with Crippen LogP contribution >= 0.6 is 0 Å². The molecule has 0 bridgehead atoms. The van der Waals surface area contributed by atoms with Gasteiger partial charge in [-0.1, -0.05) is 24.3 Å². The molecule has 0 aliphatic carbocycles. The molecular formula is C12H10FNO3S. The molecule has 0 spiro atoms. The van der Waals surface area contributed by atoms with Crippen LogP contribution in [0.5, 0.6) is 0 Å². The van der Waals surface area contributed by atoms with Gasteiger partial charge in [-0.25, -0.2) is 4.98 Å². The van der Waals surface area contributed by atoms with Crippen molar-refractivity contribution in [1.29, 1.82) is 0 Å². The lowest BCUT2D eigenvalue weighted by Gasteiger charge is -2.05. The van der Waals surface area contributed by atoms with Gasteiger partial charge in [0.05, 0.1) is 11.5 Å². The van der Waals surface area contributed by atoms with E-state index in [2.05, 4.69) is 4.98 Å². The van der Waals surface area contributed by atoms with E-state index in [0.29, 0.717) is 5.56 Å². The van der Waals surface area contributed by atoms with Crippen LogP contribution in [0.3, 0.4) is 0 Å². The number of hydrogen-bond acceptors (Lipinski definition) is 4. The summed E-state index contributed by atoms with van der Waals surface area (Å²) in [5, 5.41) is 0. The number of pyridine rings is 1. The van der Waals surface area contributed by atoms with Gasteiger partial charge in [-0.15, -0.1) is 0 Å². The third-order valence-electron chi connectivity index (χ3n) is 2.20. The van der Waals surface area contributed by atoms with Crippen LogP contribution in [-0.2, 0) is 20.9 Å². The van der Waals surface area contributed by atoms with Crippen LogP contribution in [0.2, 0.25) is 0 Å². The molecule has 0 saturated heterocycles. The molecule has 6 heteroatoms. The molecule has 0 N–H and O–H groups in total. The molecule has 4 nitrogen and oxygen atoms in total. The fourth-order valence-corrected chi connectivity index (χ4v) is 2.21. The highest BCUT2D eigenvalue weighted by atomic mass is 32.2. The van der Waals surface area contributed by atoms with Crippen molar-refractivity contribution in [3.05, 3.63) is 60.2 Å². The summed E-state index contributed by atoms with van der Waals surface area (Å²) in [7, 11) is -3.79. The van der Waals surface area contributed by atoms with Crippen LogP contribution in [0.25, 0.3) is 0 Å². The zero-order valence-corrected chi connectivity index (χ0v) is 10.1. The molecule has 0 aliphatic heterocycles. The summed E-state index contributed by atoms with van der Waals surface area (Å²) < 4.78 is 40.9. The Bertz CT molecular complexity index is 612. The van der Waals surface area contributed by atoms with E-state index in [9.17, 15) is 12.8 Å². The smallest absolute Gasteiger partial charge is 0.261 e. The number of benzene rings is 1. The monoisotopic (exact) mass is 267 g/mol. The van der Waals surface area contributed by atoms with Crippen LogP contribution in [0.4, 0.5) is 4.39 Å². The summed E-state index contributed by atoms with van der Waals surface area (Å²) in [5.74, 6) is -0.621. The second kappa shape index (κ2) is 5.24.